The number of fused-ring (bicyclic) bond motifs is 1. The van der Waals surface area contributed by atoms with Crippen LogP contribution in [0.3, 0.4) is 0 Å². The van der Waals surface area contributed by atoms with Crippen molar-refractivity contribution in [2.24, 2.45) is 18.2 Å². The fourth-order valence-electron chi connectivity index (χ4n) is 4.69. The molecule has 1 unspecified atom stereocenters. The second-order valence-electron chi connectivity index (χ2n) is 9.47. The maximum Gasteiger partial charge on any atom is 0.247 e. The van der Waals surface area contributed by atoms with Crippen molar-refractivity contribution in [2.45, 2.75) is 25.3 Å². The largest absolute Gasteiger partial charge is 0.324 e. The first-order valence-electron chi connectivity index (χ1n) is 12.1. The lowest BCUT2D eigenvalue weighted by molar-refractivity contribution is -0.144. The van der Waals surface area contributed by atoms with Gasteiger partial charge < -0.3 is 10.2 Å². The highest BCUT2D eigenvalue weighted by atomic mass is 35.5. The van der Waals surface area contributed by atoms with Crippen LogP contribution in [-0.4, -0.2) is 57.9 Å². The van der Waals surface area contributed by atoms with Crippen molar-refractivity contribution in [2.75, 3.05) is 28.3 Å². The summed E-state index contributed by atoms with van der Waals surface area (Å²) in [4.78, 5) is 42.8. The van der Waals surface area contributed by atoms with Gasteiger partial charge in [-0.25, -0.2) is 5.01 Å². The third-order valence-corrected chi connectivity index (χ3v) is 6.98. The zero-order valence-corrected chi connectivity index (χ0v) is 21.4. The molecule has 1 saturated carbocycles. The number of halogens is 1. The van der Waals surface area contributed by atoms with E-state index in [0.717, 1.165) is 35.1 Å². The Kier molecular flexibility index (Phi) is 6.81. The van der Waals surface area contributed by atoms with Gasteiger partial charge in [0.2, 0.25) is 17.7 Å². The smallest absolute Gasteiger partial charge is 0.247 e. The van der Waals surface area contributed by atoms with E-state index in [0.29, 0.717) is 23.0 Å². The van der Waals surface area contributed by atoms with Crippen molar-refractivity contribution in [3.63, 3.8) is 0 Å². The summed E-state index contributed by atoms with van der Waals surface area (Å²) >= 11 is 6.17. The number of carbonyl (C=O) groups excluding carboxylic acids is 3. The lowest BCUT2D eigenvalue weighted by atomic mass is 10.0. The molecule has 1 aromatic heterocycles. The molecule has 1 atom stereocenters. The van der Waals surface area contributed by atoms with Gasteiger partial charge in [-0.05, 0) is 48.7 Å². The van der Waals surface area contributed by atoms with Crippen LogP contribution in [-0.2, 0) is 21.4 Å². The molecule has 3 aromatic rings. The molecule has 2 fully saturated rings. The summed E-state index contributed by atoms with van der Waals surface area (Å²) in [6.07, 6.45) is 5.11. The molecule has 1 aliphatic heterocycles. The van der Waals surface area contributed by atoms with E-state index in [-0.39, 0.29) is 36.3 Å². The number of hydrogen-bond acceptors (Lipinski definition) is 7. The summed E-state index contributed by atoms with van der Waals surface area (Å²) in [7, 11) is 1.82. The monoisotopic (exact) mass is 535 g/mol. The van der Waals surface area contributed by atoms with Crippen LogP contribution in [0.1, 0.15) is 19.3 Å². The third-order valence-electron chi connectivity index (χ3n) is 6.74. The molecule has 2 aromatic carbocycles. The average molecular weight is 536 g/mol. The van der Waals surface area contributed by atoms with E-state index in [4.69, 9.17) is 22.5 Å². The SMILES string of the molecule is Cn1cc2cc(NC(=O)C(CC3CC3)N3CC(=O)N(c4cc(Cl)ccc4N(C=N)N=N)CC3=O)ccc2n1. The van der Waals surface area contributed by atoms with Gasteiger partial charge in [-0.2, -0.15) is 10.6 Å². The molecule has 1 saturated heterocycles. The Balaban J connectivity index is 1.38. The molecule has 12 nitrogen and oxygen atoms in total. The number of nitrogens with one attached hydrogen (secondary N) is 3. The highest BCUT2D eigenvalue weighted by Gasteiger charge is 2.41. The Hall–Kier alpha value is -4.32. The van der Waals surface area contributed by atoms with E-state index in [1.807, 2.05) is 25.4 Å². The number of benzene rings is 2. The number of aromatic nitrogens is 2. The van der Waals surface area contributed by atoms with Gasteiger partial charge in [0.05, 0.1) is 16.9 Å². The Bertz CT molecular complexity index is 1440. The number of aryl methyl sites for hydroxylation is 1. The molecule has 0 radical (unpaired) electrons. The Morgan fingerprint density at radius 2 is 2.03 bits per heavy atom. The number of anilines is 3. The van der Waals surface area contributed by atoms with E-state index in [1.165, 1.54) is 21.9 Å². The van der Waals surface area contributed by atoms with Crippen molar-refractivity contribution in [1.82, 2.24) is 14.7 Å². The Labute approximate surface area is 223 Å². The van der Waals surface area contributed by atoms with Gasteiger partial charge in [0.15, 0.2) is 0 Å². The third kappa shape index (κ3) is 5.07. The molecule has 196 valence electrons. The first-order chi connectivity index (χ1) is 18.3. The van der Waals surface area contributed by atoms with Crippen molar-refractivity contribution >= 4 is 63.6 Å². The molecule has 3 amide bonds. The number of rotatable bonds is 9. The number of piperazine rings is 1. The van der Waals surface area contributed by atoms with E-state index < -0.39 is 11.9 Å². The quantitative estimate of drug-likeness (QED) is 0.166. The predicted molar refractivity (Wildman–Crippen MR) is 142 cm³/mol. The summed E-state index contributed by atoms with van der Waals surface area (Å²) in [5.74, 6) is -0.815. The minimum atomic E-state index is -0.800. The van der Waals surface area contributed by atoms with Crippen LogP contribution in [0.5, 0.6) is 0 Å². The van der Waals surface area contributed by atoms with Crippen LogP contribution in [0, 0.1) is 16.9 Å². The first kappa shape index (κ1) is 25.3. The van der Waals surface area contributed by atoms with E-state index in [1.54, 1.807) is 16.8 Å². The van der Waals surface area contributed by atoms with Gasteiger partial charge in [-0.3, -0.25) is 29.4 Å². The van der Waals surface area contributed by atoms with E-state index in [9.17, 15) is 14.4 Å². The van der Waals surface area contributed by atoms with Crippen LogP contribution < -0.4 is 15.2 Å². The normalized spacial score (nSPS) is 16.5. The van der Waals surface area contributed by atoms with E-state index in [2.05, 4.69) is 15.6 Å². The predicted octanol–water partition coefficient (Wildman–Crippen LogP) is 3.57. The Morgan fingerprint density at radius 1 is 1.24 bits per heavy atom. The number of nitrogens with zero attached hydrogens (tertiary/aromatic N) is 6. The fraction of sp³-hybridized carbons (Fsp3) is 0.320. The fourth-order valence-corrected chi connectivity index (χ4v) is 4.86. The maximum absolute atomic E-state index is 13.5. The van der Waals surface area contributed by atoms with Gasteiger partial charge in [0.25, 0.3) is 0 Å². The van der Waals surface area contributed by atoms with Crippen LogP contribution in [0.25, 0.3) is 10.9 Å². The highest BCUT2D eigenvalue weighted by Crippen LogP contribution is 2.37. The van der Waals surface area contributed by atoms with Gasteiger partial charge in [0, 0.05) is 29.3 Å². The summed E-state index contributed by atoms with van der Waals surface area (Å²) in [6.45, 7) is -0.605. The average Bonchev–Trinajstić information content (AvgIpc) is 3.63. The Morgan fingerprint density at radius 3 is 2.74 bits per heavy atom. The summed E-state index contributed by atoms with van der Waals surface area (Å²) in [5.41, 5.74) is 9.23. The number of amides is 3. The molecule has 0 bridgehead atoms. The second-order valence-corrected chi connectivity index (χ2v) is 9.91. The van der Waals surface area contributed by atoms with Crippen LogP contribution in [0.2, 0.25) is 5.02 Å². The summed E-state index contributed by atoms with van der Waals surface area (Å²) in [5, 5.41) is 20.2. The van der Waals surface area contributed by atoms with Crippen molar-refractivity contribution in [1.29, 1.82) is 10.9 Å². The minimum absolute atomic E-state index is 0.253. The molecular weight excluding hydrogens is 510 g/mol. The molecule has 38 heavy (non-hydrogen) atoms. The molecule has 1 aliphatic carbocycles. The molecule has 13 heteroatoms. The molecule has 2 heterocycles. The van der Waals surface area contributed by atoms with Gasteiger partial charge in [0.1, 0.15) is 25.5 Å². The van der Waals surface area contributed by atoms with Crippen LogP contribution in [0.15, 0.2) is 47.8 Å². The van der Waals surface area contributed by atoms with Gasteiger partial charge in [-0.15, -0.1) is 0 Å². The lowest BCUT2D eigenvalue weighted by Gasteiger charge is -2.38. The molecule has 3 N–H and O–H groups in total. The zero-order valence-electron chi connectivity index (χ0n) is 20.6. The van der Waals surface area contributed by atoms with Crippen molar-refractivity contribution < 1.29 is 14.4 Å². The summed E-state index contributed by atoms with van der Waals surface area (Å²) < 4.78 is 1.70. The molecular formula is C25H26ClN9O3. The minimum Gasteiger partial charge on any atom is -0.324 e. The van der Waals surface area contributed by atoms with Crippen molar-refractivity contribution in [3.05, 3.63) is 47.6 Å². The number of hydrogen-bond donors (Lipinski definition) is 3. The van der Waals surface area contributed by atoms with Gasteiger partial charge in [-0.1, -0.05) is 29.7 Å². The molecule has 5 rings (SSSR count). The van der Waals surface area contributed by atoms with Crippen LogP contribution in [0.4, 0.5) is 17.1 Å². The van der Waals surface area contributed by atoms with E-state index >= 15 is 0 Å². The summed E-state index contributed by atoms with van der Waals surface area (Å²) in [6, 6.07) is 9.16. The topological polar surface area (TPSA) is 151 Å². The first-order valence-corrected chi connectivity index (χ1v) is 12.5. The lowest BCUT2D eigenvalue weighted by Crippen LogP contribution is -2.59. The van der Waals surface area contributed by atoms with Crippen LogP contribution >= 0.6 is 11.6 Å². The van der Waals surface area contributed by atoms with Gasteiger partial charge >= 0.3 is 0 Å². The molecule has 2 aliphatic rings. The zero-order chi connectivity index (χ0) is 27.0. The maximum atomic E-state index is 13.5. The van der Waals surface area contributed by atoms with Crippen molar-refractivity contribution in [3.8, 4) is 0 Å². The highest BCUT2D eigenvalue weighted by molar-refractivity contribution is 6.31. The number of carbonyl (C=O) groups is 3. The molecule has 0 spiro atoms. The standard InChI is InChI=1S/C25H26ClN9O3/c1-32-11-16-9-18(5-6-19(16)30-32)29-25(38)22(8-15-2-3-15)34-13-23(36)33(12-24(34)37)21-10-17(26)4-7-20(21)35(14-27)31-28/h4-7,9-11,14-15,22,27-28H,2-3,8,12-13H2,1H3,(H,29,38). The second kappa shape index (κ2) is 10.2.